The molecule has 0 bridgehead atoms. The van der Waals surface area contributed by atoms with E-state index in [4.69, 9.17) is 9.15 Å². The minimum Gasteiger partial charge on any atom is -0.472 e. The van der Waals surface area contributed by atoms with Gasteiger partial charge in [-0.25, -0.2) is 0 Å². The molecular weight excluding hydrogens is 272 g/mol. The highest BCUT2D eigenvalue weighted by Gasteiger charge is 2.71. The van der Waals surface area contributed by atoms with Crippen LogP contribution in [0.15, 0.2) is 23.0 Å². The molecule has 1 aromatic rings. The monoisotopic (exact) mass is 302 g/mol. The van der Waals surface area contributed by atoms with Gasteiger partial charge in [-0.3, -0.25) is 0 Å². The van der Waals surface area contributed by atoms with Crippen LogP contribution in [0.25, 0.3) is 0 Å². The van der Waals surface area contributed by atoms with Gasteiger partial charge >= 0.3 is 0 Å². The largest absolute Gasteiger partial charge is 0.472 e. The predicted octanol–water partition coefficient (Wildman–Crippen LogP) is 5.22. The fourth-order valence-corrected chi connectivity index (χ4v) is 6.02. The standard InChI is InChI=1S/C20H30O2/c1-14-7-11-19(3)16(5-6-17-20(19,4)22-17)18(14,2)10-8-15-9-12-21-13-15/h9,12-14,16-17H,5-8,10-11H2,1-4H3/t14-,16-,17+,18+,19-,20+/m1/s1. The summed E-state index contributed by atoms with van der Waals surface area (Å²) in [4.78, 5) is 0. The molecule has 2 nitrogen and oxygen atoms in total. The van der Waals surface area contributed by atoms with E-state index in [1.54, 1.807) is 6.26 Å². The van der Waals surface area contributed by atoms with Crippen LogP contribution in [0.3, 0.4) is 0 Å². The highest BCUT2D eigenvalue weighted by Crippen LogP contribution is 2.70. The Morgan fingerprint density at radius 3 is 2.73 bits per heavy atom. The molecule has 0 radical (unpaired) electrons. The van der Waals surface area contributed by atoms with Crippen LogP contribution < -0.4 is 0 Å². The molecule has 4 rings (SSSR count). The van der Waals surface area contributed by atoms with Gasteiger partial charge in [0.15, 0.2) is 0 Å². The minimum absolute atomic E-state index is 0.160. The van der Waals surface area contributed by atoms with E-state index in [-0.39, 0.29) is 5.60 Å². The maximum absolute atomic E-state index is 6.20. The van der Waals surface area contributed by atoms with Gasteiger partial charge < -0.3 is 9.15 Å². The first kappa shape index (κ1) is 14.8. The molecule has 3 fully saturated rings. The Morgan fingerprint density at radius 2 is 2.00 bits per heavy atom. The van der Waals surface area contributed by atoms with E-state index < -0.39 is 0 Å². The molecule has 122 valence electrons. The van der Waals surface area contributed by atoms with Crippen LogP contribution in [0, 0.1) is 22.7 Å². The smallest absolute Gasteiger partial charge is 0.0976 e. The van der Waals surface area contributed by atoms with E-state index in [1.807, 2.05) is 6.26 Å². The first-order valence-electron chi connectivity index (χ1n) is 9.09. The van der Waals surface area contributed by atoms with Gasteiger partial charge in [0.05, 0.1) is 24.2 Å². The second kappa shape index (κ2) is 4.63. The Bertz CT molecular complexity index is 550. The molecule has 0 N–H and O–H groups in total. The van der Waals surface area contributed by atoms with Gasteiger partial charge in [0.1, 0.15) is 0 Å². The minimum atomic E-state index is 0.160. The first-order valence-corrected chi connectivity index (χ1v) is 9.09. The predicted molar refractivity (Wildman–Crippen MR) is 87.6 cm³/mol. The van der Waals surface area contributed by atoms with Gasteiger partial charge in [0.25, 0.3) is 0 Å². The van der Waals surface area contributed by atoms with E-state index in [9.17, 15) is 0 Å². The van der Waals surface area contributed by atoms with Crippen molar-refractivity contribution in [3.63, 3.8) is 0 Å². The zero-order valence-corrected chi connectivity index (χ0v) is 14.5. The van der Waals surface area contributed by atoms with Gasteiger partial charge in [-0.15, -0.1) is 0 Å². The Morgan fingerprint density at radius 1 is 1.18 bits per heavy atom. The molecule has 2 aliphatic carbocycles. The second-order valence-corrected chi connectivity index (χ2v) is 8.84. The summed E-state index contributed by atoms with van der Waals surface area (Å²) in [6.07, 6.45) is 12.0. The van der Waals surface area contributed by atoms with Crippen LogP contribution in [0.2, 0.25) is 0 Å². The van der Waals surface area contributed by atoms with Crippen molar-refractivity contribution in [2.45, 2.75) is 77.9 Å². The molecule has 2 heteroatoms. The summed E-state index contributed by atoms with van der Waals surface area (Å²) in [5.41, 5.74) is 2.30. The fraction of sp³-hybridized carbons (Fsp3) is 0.800. The van der Waals surface area contributed by atoms with E-state index in [1.165, 1.54) is 37.7 Å². The van der Waals surface area contributed by atoms with E-state index >= 15 is 0 Å². The highest BCUT2D eigenvalue weighted by molar-refractivity contribution is 5.20. The quantitative estimate of drug-likeness (QED) is 0.715. The molecule has 0 aromatic carbocycles. The van der Waals surface area contributed by atoms with Crippen molar-refractivity contribution in [1.29, 1.82) is 0 Å². The molecule has 0 spiro atoms. The molecular formula is C20H30O2. The summed E-state index contributed by atoms with van der Waals surface area (Å²) in [5, 5.41) is 0. The van der Waals surface area contributed by atoms with E-state index in [0.29, 0.717) is 16.9 Å². The van der Waals surface area contributed by atoms with Crippen LogP contribution in [-0.4, -0.2) is 11.7 Å². The second-order valence-electron chi connectivity index (χ2n) is 8.84. The molecule has 1 saturated heterocycles. The van der Waals surface area contributed by atoms with Gasteiger partial charge in [0, 0.05) is 5.41 Å². The molecule has 1 aromatic heterocycles. The van der Waals surface area contributed by atoms with Gasteiger partial charge in [0.2, 0.25) is 0 Å². The van der Waals surface area contributed by atoms with Crippen molar-refractivity contribution >= 4 is 0 Å². The SMILES string of the molecule is C[C@@H]1CC[C@]2(C)[C@H](CC[C@@H]3O[C@@]32C)[C@@]1(C)CCc1ccoc1. The molecule has 2 saturated carbocycles. The molecule has 3 aliphatic rings. The third-order valence-corrected chi connectivity index (χ3v) is 8.12. The Labute approximate surface area is 134 Å². The van der Waals surface area contributed by atoms with Crippen LogP contribution in [-0.2, 0) is 11.2 Å². The number of ether oxygens (including phenoxy) is 1. The van der Waals surface area contributed by atoms with Gasteiger partial charge in [-0.1, -0.05) is 20.8 Å². The maximum atomic E-state index is 6.20. The summed E-state index contributed by atoms with van der Waals surface area (Å²) >= 11 is 0. The summed E-state index contributed by atoms with van der Waals surface area (Å²) in [6.45, 7) is 9.96. The third kappa shape index (κ3) is 1.82. The topological polar surface area (TPSA) is 25.7 Å². The lowest BCUT2D eigenvalue weighted by atomic mass is 9.44. The molecule has 1 aliphatic heterocycles. The van der Waals surface area contributed by atoms with Crippen molar-refractivity contribution in [3.05, 3.63) is 24.2 Å². The number of hydrogen-bond donors (Lipinski definition) is 0. The number of hydrogen-bond acceptors (Lipinski definition) is 2. The van der Waals surface area contributed by atoms with E-state index in [2.05, 4.69) is 33.8 Å². The number of furan rings is 1. The van der Waals surface area contributed by atoms with Gasteiger partial charge in [-0.2, -0.15) is 0 Å². The van der Waals surface area contributed by atoms with Crippen molar-refractivity contribution in [2.24, 2.45) is 22.7 Å². The normalized spacial score (nSPS) is 50.3. The van der Waals surface area contributed by atoms with Crippen LogP contribution in [0.4, 0.5) is 0 Å². The van der Waals surface area contributed by atoms with Crippen molar-refractivity contribution in [3.8, 4) is 0 Å². The average Bonchev–Trinajstić information content (AvgIpc) is 2.95. The number of aryl methyl sites for hydroxylation is 1. The summed E-state index contributed by atoms with van der Waals surface area (Å²) in [5.74, 6) is 1.59. The summed E-state index contributed by atoms with van der Waals surface area (Å²) in [7, 11) is 0. The van der Waals surface area contributed by atoms with Crippen molar-refractivity contribution in [2.75, 3.05) is 0 Å². The maximum Gasteiger partial charge on any atom is 0.0976 e. The lowest BCUT2D eigenvalue weighted by molar-refractivity contribution is -0.102. The average molecular weight is 302 g/mol. The number of fused-ring (bicyclic) bond motifs is 3. The lowest BCUT2D eigenvalue weighted by Gasteiger charge is -2.59. The van der Waals surface area contributed by atoms with Crippen LogP contribution in [0.5, 0.6) is 0 Å². The Hall–Kier alpha value is -0.760. The number of epoxide rings is 1. The Kier molecular flexibility index (Phi) is 3.11. The zero-order chi connectivity index (χ0) is 15.6. The molecule has 22 heavy (non-hydrogen) atoms. The van der Waals surface area contributed by atoms with Crippen molar-refractivity contribution in [1.82, 2.24) is 0 Å². The zero-order valence-electron chi connectivity index (χ0n) is 14.5. The molecule has 6 atom stereocenters. The molecule has 2 heterocycles. The van der Waals surface area contributed by atoms with Gasteiger partial charge in [-0.05, 0) is 74.3 Å². The van der Waals surface area contributed by atoms with E-state index in [0.717, 1.165) is 18.3 Å². The number of rotatable bonds is 3. The lowest BCUT2D eigenvalue weighted by Crippen LogP contribution is -2.56. The molecule has 0 amide bonds. The first-order chi connectivity index (χ1) is 10.4. The Balaban J connectivity index is 1.61. The van der Waals surface area contributed by atoms with Crippen LogP contribution >= 0.6 is 0 Å². The molecule has 0 unspecified atom stereocenters. The van der Waals surface area contributed by atoms with Crippen LogP contribution in [0.1, 0.15) is 65.4 Å². The summed E-state index contributed by atoms with van der Waals surface area (Å²) < 4.78 is 11.5. The highest BCUT2D eigenvalue weighted by atomic mass is 16.6. The fourth-order valence-electron chi connectivity index (χ4n) is 6.02. The van der Waals surface area contributed by atoms with Crippen molar-refractivity contribution < 1.29 is 9.15 Å². The third-order valence-electron chi connectivity index (χ3n) is 8.12. The summed E-state index contributed by atoms with van der Waals surface area (Å²) in [6, 6.07) is 2.12.